The number of fused-ring (bicyclic) bond motifs is 5. The molecule has 0 spiro atoms. The number of methoxy groups -OCH3 is 1. The number of halogens is 8. The van der Waals surface area contributed by atoms with E-state index in [0.717, 1.165) is 22.9 Å². The minimum Gasteiger partial charge on any atom is -0.496 e. The van der Waals surface area contributed by atoms with Crippen LogP contribution >= 0.6 is 0 Å². The minimum atomic E-state index is -5.08. The van der Waals surface area contributed by atoms with E-state index in [1.54, 1.807) is 24.7 Å². The zero-order chi connectivity index (χ0) is 31.4. The lowest BCUT2D eigenvalue weighted by Gasteiger charge is -2.09. The molecular formula is C24H15F8N5O5. The first-order valence-electron chi connectivity index (χ1n) is 11.0. The number of H-pyrrole nitrogens is 1. The van der Waals surface area contributed by atoms with Gasteiger partial charge in [0.05, 0.1) is 30.3 Å². The van der Waals surface area contributed by atoms with Crippen LogP contribution in [0.2, 0.25) is 0 Å². The van der Waals surface area contributed by atoms with Gasteiger partial charge in [0.15, 0.2) is 11.6 Å². The Labute approximate surface area is 228 Å². The highest BCUT2D eigenvalue weighted by atomic mass is 19.4. The van der Waals surface area contributed by atoms with E-state index < -0.39 is 35.9 Å². The Morgan fingerprint density at radius 2 is 1.52 bits per heavy atom. The molecule has 0 saturated heterocycles. The zero-order valence-corrected chi connectivity index (χ0v) is 20.6. The summed E-state index contributed by atoms with van der Waals surface area (Å²) in [6, 6.07) is 7.85. The average Bonchev–Trinajstić information content (AvgIpc) is 3.29. The van der Waals surface area contributed by atoms with Gasteiger partial charge in [-0.2, -0.15) is 26.3 Å². The van der Waals surface area contributed by atoms with Crippen LogP contribution < -0.4 is 10.1 Å². The number of ether oxygens (including phenoxy) is 1. The third-order valence-electron chi connectivity index (χ3n) is 5.11. The van der Waals surface area contributed by atoms with Crippen LogP contribution in [0, 0.1) is 11.6 Å². The monoisotopic (exact) mass is 605 g/mol. The summed E-state index contributed by atoms with van der Waals surface area (Å²) in [5.74, 6) is -6.57. The summed E-state index contributed by atoms with van der Waals surface area (Å²) in [6.07, 6.45) is -5.18. The normalized spacial score (nSPS) is 11.5. The van der Waals surface area contributed by atoms with Crippen molar-refractivity contribution in [3.63, 3.8) is 0 Å². The summed E-state index contributed by atoms with van der Waals surface area (Å²) >= 11 is 0. The van der Waals surface area contributed by atoms with Gasteiger partial charge in [-0.25, -0.2) is 28.3 Å². The highest BCUT2D eigenvalue weighted by Crippen LogP contribution is 2.44. The van der Waals surface area contributed by atoms with Crippen molar-refractivity contribution < 1.29 is 59.7 Å². The predicted octanol–water partition coefficient (Wildman–Crippen LogP) is 5.81. The lowest BCUT2D eigenvalue weighted by molar-refractivity contribution is -0.193. The van der Waals surface area contributed by atoms with E-state index in [9.17, 15) is 35.1 Å². The number of anilines is 2. The van der Waals surface area contributed by atoms with Crippen LogP contribution in [-0.4, -0.2) is 61.5 Å². The fourth-order valence-electron chi connectivity index (χ4n) is 3.34. The van der Waals surface area contributed by atoms with Crippen molar-refractivity contribution in [2.45, 2.75) is 12.4 Å². The molecule has 42 heavy (non-hydrogen) atoms. The Morgan fingerprint density at radius 3 is 2.10 bits per heavy atom. The number of carboxylic acids is 2. The number of aromatic amines is 1. The van der Waals surface area contributed by atoms with E-state index in [1.807, 2.05) is 12.1 Å². The van der Waals surface area contributed by atoms with Crippen LogP contribution in [0.3, 0.4) is 0 Å². The number of pyridine rings is 2. The third kappa shape index (κ3) is 6.88. The van der Waals surface area contributed by atoms with Crippen molar-refractivity contribution in [1.29, 1.82) is 0 Å². The predicted molar refractivity (Wildman–Crippen MR) is 128 cm³/mol. The number of nitrogens with zero attached hydrogens (tertiary/aromatic N) is 3. The molecule has 5 rings (SSSR count). The van der Waals surface area contributed by atoms with E-state index in [4.69, 9.17) is 24.5 Å². The molecule has 0 amide bonds. The smallest absolute Gasteiger partial charge is 0.490 e. The van der Waals surface area contributed by atoms with Crippen LogP contribution in [0.1, 0.15) is 0 Å². The molecular weight excluding hydrogens is 590 g/mol. The summed E-state index contributed by atoms with van der Waals surface area (Å²) in [5, 5.41) is 17.5. The summed E-state index contributed by atoms with van der Waals surface area (Å²) in [4.78, 5) is 34.0. The maximum absolute atomic E-state index is 14.6. The molecule has 0 bridgehead atoms. The van der Waals surface area contributed by atoms with Crippen LogP contribution in [0.4, 0.5) is 46.6 Å². The topological polar surface area (TPSA) is 150 Å². The van der Waals surface area contributed by atoms with Gasteiger partial charge < -0.3 is 25.3 Å². The second kappa shape index (κ2) is 12.1. The average molecular weight is 605 g/mol. The third-order valence-corrected chi connectivity index (χ3v) is 5.11. The molecule has 10 nitrogen and oxygen atoms in total. The lowest BCUT2D eigenvalue weighted by Crippen LogP contribution is -2.21. The van der Waals surface area contributed by atoms with E-state index >= 15 is 0 Å². The number of carboxylic acid groups (broad SMARTS) is 2. The van der Waals surface area contributed by atoms with E-state index in [-0.39, 0.29) is 17.1 Å². The van der Waals surface area contributed by atoms with E-state index in [2.05, 4.69) is 25.3 Å². The van der Waals surface area contributed by atoms with Gasteiger partial charge in [0.1, 0.15) is 23.1 Å². The maximum atomic E-state index is 14.6. The van der Waals surface area contributed by atoms with Crippen molar-refractivity contribution >= 4 is 23.4 Å². The fraction of sp³-hybridized carbons (Fsp3) is 0.125. The van der Waals surface area contributed by atoms with Crippen molar-refractivity contribution in [2.75, 3.05) is 12.4 Å². The first kappa shape index (κ1) is 31.2. The van der Waals surface area contributed by atoms with Gasteiger partial charge in [-0.1, -0.05) is 0 Å². The number of aromatic nitrogens is 4. The Balaban J connectivity index is 0.000000289. The number of rotatable bonds is 2. The first-order valence-corrected chi connectivity index (χ1v) is 11.0. The Morgan fingerprint density at radius 1 is 0.905 bits per heavy atom. The van der Waals surface area contributed by atoms with Crippen molar-refractivity contribution in [3.05, 3.63) is 60.6 Å². The van der Waals surface area contributed by atoms with Gasteiger partial charge in [-0.15, -0.1) is 0 Å². The van der Waals surface area contributed by atoms with Crippen molar-refractivity contribution in [2.24, 2.45) is 0 Å². The molecule has 0 atom stereocenters. The maximum Gasteiger partial charge on any atom is 0.490 e. The lowest BCUT2D eigenvalue weighted by atomic mass is 10.1. The largest absolute Gasteiger partial charge is 0.496 e. The number of imidazole rings is 1. The molecule has 3 aromatic heterocycles. The molecule has 0 saturated carbocycles. The van der Waals surface area contributed by atoms with Gasteiger partial charge in [-0.05, 0) is 30.3 Å². The van der Waals surface area contributed by atoms with Gasteiger partial charge >= 0.3 is 24.3 Å². The number of aliphatic carboxylic acids is 2. The minimum absolute atomic E-state index is 0.0652. The summed E-state index contributed by atoms with van der Waals surface area (Å²) in [5.41, 5.74) is 3.40. The van der Waals surface area contributed by atoms with Gasteiger partial charge in [0.2, 0.25) is 0 Å². The molecule has 4 heterocycles. The number of carbonyl (C=O) groups is 2. The number of hydrogen-bond acceptors (Lipinski definition) is 7. The molecule has 4 aromatic rings. The van der Waals surface area contributed by atoms with Crippen molar-refractivity contribution in [3.8, 4) is 39.7 Å². The molecule has 0 aliphatic carbocycles. The van der Waals surface area contributed by atoms with Crippen LogP contribution in [0.25, 0.3) is 33.9 Å². The molecule has 1 aliphatic rings. The highest BCUT2D eigenvalue weighted by molar-refractivity contribution is 5.95. The number of alkyl halides is 6. The standard InChI is InChI=1S/C20H13F2N5O.2C2HF3O2/c1-28-14-5-4-12(21)16(22)15(14)20-26-17-10-6-8-23-9-13(10)25-19-11(18(17)27-20)3-2-7-24-19;2*3-2(4,5)1(6)7/h2-9H,1H3,(H,24,25)(H,26,27);2*(H,6,7). The summed E-state index contributed by atoms with van der Waals surface area (Å²) in [6.45, 7) is 0. The quantitative estimate of drug-likeness (QED) is 0.183. The second-order valence-corrected chi connectivity index (χ2v) is 7.80. The van der Waals surface area contributed by atoms with Crippen LogP contribution in [-0.2, 0) is 9.59 Å². The molecule has 0 unspecified atom stereocenters. The molecule has 4 N–H and O–H groups in total. The van der Waals surface area contributed by atoms with Crippen LogP contribution in [0.5, 0.6) is 5.75 Å². The van der Waals surface area contributed by atoms with Gasteiger partial charge in [0.25, 0.3) is 0 Å². The summed E-state index contributed by atoms with van der Waals surface area (Å²) in [7, 11) is 1.40. The second-order valence-electron chi connectivity index (χ2n) is 7.80. The molecule has 1 aromatic carbocycles. The molecule has 0 fully saturated rings. The molecule has 0 radical (unpaired) electrons. The highest BCUT2D eigenvalue weighted by Gasteiger charge is 2.39. The molecule has 18 heteroatoms. The van der Waals surface area contributed by atoms with E-state index in [1.165, 1.54) is 13.2 Å². The van der Waals surface area contributed by atoms with Crippen molar-refractivity contribution in [1.82, 2.24) is 19.9 Å². The van der Waals surface area contributed by atoms with Crippen LogP contribution in [0.15, 0.2) is 48.9 Å². The number of benzene rings is 1. The summed E-state index contributed by atoms with van der Waals surface area (Å²) < 4.78 is 97.2. The Kier molecular flexibility index (Phi) is 8.98. The molecule has 1 aliphatic heterocycles. The number of hydrogen-bond donors (Lipinski definition) is 4. The van der Waals surface area contributed by atoms with Gasteiger partial charge in [0, 0.05) is 23.5 Å². The zero-order valence-electron chi connectivity index (χ0n) is 20.6. The van der Waals surface area contributed by atoms with E-state index in [0.29, 0.717) is 17.2 Å². The fourth-order valence-corrected chi connectivity index (χ4v) is 3.34. The Bertz CT molecular complexity index is 1530. The Hall–Kier alpha value is -5.29. The first-order chi connectivity index (χ1) is 19.6. The number of nitrogens with one attached hydrogen (secondary N) is 2. The SMILES string of the molecule is COc1ccc(F)c(F)c1-c1nc2c([nH]1)-c1ccncc1Nc1ncccc1-2.O=C(O)C(F)(F)F.O=C(O)C(F)(F)F. The molecule has 222 valence electrons. The van der Waals surface area contributed by atoms with Gasteiger partial charge in [-0.3, -0.25) is 4.98 Å².